The number of benzene rings is 2. The van der Waals surface area contributed by atoms with E-state index in [1.54, 1.807) is 6.07 Å². The van der Waals surface area contributed by atoms with E-state index < -0.39 is 0 Å². The summed E-state index contributed by atoms with van der Waals surface area (Å²) in [6.07, 6.45) is 0. The second-order valence-corrected chi connectivity index (χ2v) is 4.66. The Morgan fingerprint density at radius 2 is 1.95 bits per heavy atom. The number of nitrogens with two attached hydrogens (primary N) is 1. The summed E-state index contributed by atoms with van der Waals surface area (Å²) in [6, 6.07) is 17.3. The van der Waals surface area contributed by atoms with E-state index in [-0.39, 0.29) is 11.5 Å². The highest BCUT2D eigenvalue weighted by molar-refractivity contribution is 6.45. The summed E-state index contributed by atoms with van der Waals surface area (Å²) >= 11 is 0. The van der Waals surface area contributed by atoms with Crippen molar-refractivity contribution in [2.45, 2.75) is 0 Å². The molecule has 1 aromatic heterocycles. The number of nitrogens with one attached hydrogen (secondary N) is 2. The molecule has 4 N–H and O–H groups in total. The van der Waals surface area contributed by atoms with Crippen molar-refractivity contribution in [3.8, 4) is 6.07 Å². The van der Waals surface area contributed by atoms with Gasteiger partial charge in [0.25, 0.3) is 0 Å². The average molecular weight is 288 g/mol. The molecule has 6 nitrogen and oxygen atoms in total. The normalized spacial score (nSPS) is 11.3. The van der Waals surface area contributed by atoms with Gasteiger partial charge in [-0.3, -0.25) is 10.8 Å². The smallest absolute Gasteiger partial charge is 0.201 e. The summed E-state index contributed by atoms with van der Waals surface area (Å²) < 4.78 is 0. The van der Waals surface area contributed by atoms with Gasteiger partial charge < -0.3 is 5.73 Å². The van der Waals surface area contributed by atoms with Crippen LogP contribution in [0, 0.1) is 16.7 Å². The highest BCUT2D eigenvalue weighted by Gasteiger charge is 2.06. The molecule has 0 atom stereocenters. The Labute approximate surface area is 126 Å². The number of rotatable bonds is 3. The van der Waals surface area contributed by atoms with E-state index in [0.717, 1.165) is 21.8 Å². The fraction of sp³-hybridized carbons (Fsp3) is 0. The van der Waals surface area contributed by atoms with E-state index in [9.17, 15) is 0 Å². The third kappa shape index (κ3) is 2.43. The first-order chi connectivity index (χ1) is 10.7. The van der Waals surface area contributed by atoms with Gasteiger partial charge in [0.05, 0.1) is 16.7 Å². The molecule has 1 heterocycles. The predicted molar refractivity (Wildman–Crippen MR) is 87.8 cm³/mol. The van der Waals surface area contributed by atoms with Crippen LogP contribution in [0.1, 0.15) is 0 Å². The fourth-order valence-electron chi connectivity index (χ4n) is 2.15. The Morgan fingerprint density at radius 1 is 1.18 bits per heavy atom. The third-order valence-electron chi connectivity index (χ3n) is 3.20. The van der Waals surface area contributed by atoms with Crippen LogP contribution in [-0.4, -0.2) is 16.5 Å². The lowest BCUT2D eigenvalue weighted by molar-refractivity contribution is 1.33. The van der Waals surface area contributed by atoms with Gasteiger partial charge in [-0.15, -0.1) is 0 Å². The quantitative estimate of drug-likeness (QED) is 0.297. The molecule has 2 aromatic carbocycles. The lowest BCUT2D eigenvalue weighted by Gasteiger charge is -2.07. The van der Waals surface area contributed by atoms with Gasteiger partial charge >= 0.3 is 0 Å². The minimum Gasteiger partial charge on any atom is -0.382 e. The molecule has 0 fully saturated rings. The Hall–Kier alpha value is -3.46. The Kier molecular flexibility index (Phi) is 3.38. The van der Waals surface area contributed by atoms with E-state index in [2.05, 4.69) is 15.5 Å². The van der Waals surface area contributed by atoms with Crippen molar-refractivity contribution < 1.29 is 0 Å². The molecule has 0 unspecified atom stereocenters. The molecular weight excluding hydrogens is 276 g/mol. The molecule has 0 aliphatic carbocycles. The number of hydrogen-bond acceptors (Lipinski definition) is 5. The SMILES string of the molecule is N#C/C(=N\Nc1cccc2cc3ccccc3nc12)C(=N)N. The molecule has 0 amide bonds. The van der Waals surface area contributed by atoms with Crippen molar-refractivity contribution in [1.29, 1.82) is 10.7 Å². The van der Waals surface area contributed by atoms with Crippen LogP contribution in [0.15, 0.2) is 53.6 Å². The first kappa shape index (κ1) is 13.5. The maximum absolute atomic E-state index is 8.87. The van der Waals surface area contributed by atoms with Gasteiger partial charge in [0, 0.05) is 10.8 Å². The Balaban J connectivity index is 2.12. The number of nitrogens with zero attached hydrogens (tertiary/aromatic N) is 3. The Bertz CT molecular complexity index is 952. The number of pyridine rings is 1. The zero-order valence-corrected chi connectivity index (χ0v) is 11.5. The lowest BCUT2D eigenvalue weighted by atomic mass is 10.1. The van der Waals surface area contributed by atoms with E-state index in [4.69, 9.17) is 16.4 Å². The van der Waals surface area contributed by atoms with Crippen molar-refractivity contribution in [3.05, 3.63) is 48.5 Å². The topological polar surface area (TPSA) is 111 Å². The van der Waals surface area contributed by atoms with E-state index in [0.29, 0.717) is 5.69 Å². The number of para-hydroxylation sites is 2. The summed E-state index contributed by atoms with van der Waals surface area (Å²) in [6.45, 7) is 0. The summed E-state index contributed by atoms with van der Waals surface area (Å²) in [5.74, 6) is -0.381. The van der Waals surface area contributed by atoms with Crippen LogP contribution < -0.4 is 11.2 Å². The van der Waals surface area contributed by atoms with Crippen LogP contribution in [0.5, 0.6) is 0 Å². The maximum Gasteiger partial charge on any atom is 0.201 e. The van der Waals surface area contributed by atoms with Gasteiger partial charge in [-0.25, -0.2) is 4.98 Å². The molecule has 0 radical (unpaired) electrons. The molecule has 106 valence electrons. The second kappa shape index (κ2) is 5.50. The minimum atomic E-state index is -0.381. The van der Waals surface area contributed by atoms with E-state index in [1.165, 1.54) is 0 Å². The standard InChI is InChI=1S/C16H12N6/c17-9-14(16(18)19)22-21-13-7-3-5-11-8-10-4-1-2-6-12(10)20-15(11)13/h1-8,21H,(H3,18,19)/b22-14+. The maximum atomic E-state index is 8.87. The molecule has 3 rings (SSSR count). The summed E-state index contributed by atoms with van der Waals surface area (Å²) in [5, 5.41) is 22.0. The van der Waals surface area contributed by atoms with Crippen molar-refractivity contribution in [2.24, 2.45) is 10.8 Å². The molecule has 0 saturated carbocycles. The molecule has 6 heteroatoms. The van der Waals surface area contributed by atoms with Crippen molar-refractivity contribution in [1.82, 2.24) is 4.98 Å². The number of anilines is 1. The molecule has 22 heavy (non-hydrogen) atoms. The predicted octanol–water partition coefficient (Wildman–Crippen LogP) is 2.62. The molecule has 0 saturated heterocycles. The van der Waals surface area contributed by atoms with Gasteiger partial charge in [0.2, 0.25) is 5.71 Å². The fourth-order valence-corrected chi connectivity index (χ4v) is 2.15. The highest BCUT2D eigenvalue weighted by Crippen LogP contribution is 2.25. The molecule has 0 spiro atoms. The highest BCUT2D eigenvalue weighted by atomic mass is 15.3. The first-order valence-corrected chi connectivity index (χ1v) is 6.56. The van der Waals surface area contributed by atoms with Gasteiger partial charge in [0.15, 0.2) is 5.84 Å². The molecular formula is C16H12N6. The summed E-state index contributed by atoms with van der Waals surface area (Å²) in [7, 11) is 0. The van der Waals surface area contributed by atoms with Crippen molar-refractivity contribution >= 4 is 39.0 Å². The molecule has 3 aromatic rings. The van der Waals surface area contributed by atoms with Crippen LogP contribution in [-0.2, 0) is 0 Å². The monoisotopic (exact) mass is 288 g/mol. The summed E-state index contributed by atoms with van der Waals surface area (Å²) in [4.78, 5) is 4.63. The minimum absolute atomic E-state index is 0.169. The van der Waals surface area contributed by atoms with Crippen LogP contribution in [0.3, 0.4) is 0 Å². The largest absolute Gasteiger partial charge is 0.382 e. The third-order valence-corrected chi connectivity index (χ3v) is 3.20. The number of hydrazone groups is 1. The zero-order valence-electron chi connectivity index (χ0n) is 11.5. The Morgan fingerprint density at radius 3 is 2.73 bits per heavy atom. The van der Waals surface area contributed by atoms with Gasteiger partial charge in [-0.1, -0.05) is 30.3 Å². The van der Waals surface area contributed by atoms with Crippen LogP contribution in [0.4, 0.5) is 5.69 Å². The van der Waals surface area contributed by atoms with Crippen molar-refractivity contribution in [2.75, 3.05) is 5.43 Å². The number of fused-ring (bicyclic) bond motifs is 2. The lowest BCUT2D eigenvalue weighted by Crippen LogP contribution is -2.21. The van der Waals surface area contributed by atoms with Gasteiger partial charge in [-0.2, -0.15) is 10.4 Å². The number of hydrogen-bond donors (Lipinski definition) is 3. The number of aromatic nitrogens is 1. The average Bonchev–Trinajstić information content (AvgIpc) is 2.53. The second-order valence-electron chi connectivity index (χ2n) is 4.66. The van der Waals surface area contributed by atoms with Crippen LogP contribution in [0.2, 0.25) is 0 Å². The number of nitriles is 1. The van der Waals surface area contributed by atoms with Crippen LogP contribution in [0.25, 0.3) is 21.8 Å². The van der Waals surface area contributed by atoms with Gasteiger partial charge in [0.1, 0.15) is 6.07 Å². The van der Waals surface area contributed by atoms with E-state index >= 15 is 0 Å². The molecule has 0 bridgehead atoms. The molecule has 0 aliphatic heterocycles. The van der Waals surface area contributed by atoms with Crippen LogP contribution >= 0.6 is 0 Å². The van der Waals surface area contributed by atoms with E-state index in [1.807, 2.05) is 48.5 Å². The van der Waals surface area contributed by atoms with Gasteiger partial charge in [-0.05, 0) is 18.2 Å². The first-order valence-electron chi connectivity index (χ1n) is 6.56. The molecule has 0 aliphatic rings. The van der Waals surface area contributed by atoms with Crippen molar-refractivity contribution in [3.63, 3.8) is 0 Å². The zero-order chi connectivity index (χ0) is 15.5. The number of amidine groups is 1. The summed E-state index contributed by atoms with van der Waals surface area (Å²) in [5.41, 5.74) is 10.1.